The number of rotatable bonds is 6. The molecule has 2 aromatic rings. The predicted octanol–water partition coefficient (Wildman–Crippen LogP) is 3.40. The highest BCUT2D eigenvalue weighted by molar-refractivity contribution is 6.00. The van der Waals surface area contributed by atoms with Gasteiger partial charge in [0, 0.05) is 5.69 Å². The highest BCUT2D eigenvalue weighted by atomic mass is 16.5. The summed E-state index contributed by atoms with van der Waals surface area (Å²) in [6, 6.07) is 14.2. The second-order valence-electron chi connectivity index (χ2n) is 5.81. The first kappa shape index (κ1) is 19.7. The van der Waals surface area contributed by atoms with Crippen molar-refractivity contribution in [2.75, 3.05) is 19.0 Å². The average molecular weight is 364 g/mol. The monoisotopic (exact) mass is 364 g/mol. The molecule has 2 aromatic carbocycles. The first-order chi connectivity index (χ1) is 12.9. The molecule has 0 bridgehead atoms. The molecule has 0 unspecified atom stereocenters. The van der Waals surface area contributed by atoms with Crippen molar-refractivity contribution in [3.63, 3.8) is 0 Å². The first-order valence-corrected chi connectivity index (χ1v) is 8.23. The number of nitrogens with zero attached hydrogens (tertiary/aromatic N) is 1. The molecule has 6 heteroatoms. The minimum Gasteiger partial charge on any atom is -0.497 e. The molecule has 1 amide bonds. The summed E-state index contributed by atoms with van der Waals surface area (Å²) in [7, 11) is 1.55. The first-order valence-electron chi connectivity index (χ1n) is 8.23. The molecule has 0 fully saturated rings. The highest BCUT2D eigenvalue weighted by Gasteiger charge is 2.14. The zero-order chi connectivity index (χ0) is 19.8. The van der Waals surface area contributed by atoms with Crippen LogP contribution in [0.25, 0.3) is 6.08 Å². The molecule has 0 spiro atoms. The van der Waals surface area contributed by atoms with Crippen LogP contribution in [0.3, 0.4) is 0 Å². The van der Waals surface area contributed by atoms with Crippen molar-refractivity contribution in [3.05, 3.63) is 64.7 Å². The van der Waals surface area contributed by atoms with Gasteiger partial charge in [0.1, 0.15) is 17.4 Å². The van der Waals surface area contributed by atoms with E-state index in [2.05, 4.69) is 5.32 Å². The van der Waals surface area contributed by atoms with Crippen molar-refractivity contribution in [1.82, 2.24) is 0 Å². The van der Waals surface area contributed by atoms with E-state index in [0.29, 0.717) is 17.0 Å². The van der Waals surface area contributed by atoms with E-state index < -0.39 is 18.5 Å². The van der Waals surface area contributed by atoms with Gasteiger partial charge in [0.25, 0.3) is 5.91 Å². The van der Waals surface area contributed by atoms with Crippen LogP contribution in [0.5, 0.6) is 5.75 Å². The van der Waals surface area contributed by atoms with Crippen LogP contribution in [0.2, 0.25) is 0 Å². The number of nitrogens with one attached hydrogen (secondary N) is 1. The van der Waals surface area contributed by atoms with Gasteiger partial charge in [-0.05, 0) is 54.8 Å². The third-order valence-electron chi connectivity index (χ3n) is 3.98. The number of ether oxygens (including phenoxy) is 2. The molecule has 0 aromatic heterocycles. The Morgan fingerprint density at radius 1 is 1.15 bits per heavy atom. The van der Waals surface area contributed by atoms with Crippen molar-refractivity contribution in [2.45, 2.75) is 13.8 Å². The van der Waals surface area contributed by atoms with Gasteiger partial charge in [0.15, 0.2) is 6.61 Å². The third kappa shape index (κ3) is 5.44. The summed E-state index contributed by atoms with van der Waals surface area (Å²) in [5, 5.41) is 11.9. The van der Waals surface area contributed by atoms with Crippen LogP contribution in [0.1, 0.15) is 16.7 Å². The van der Waals surface area contributed by atoms with Gasteiger partial charge < -0.3 is 14.8 Å². The summed E-state index contributed by atoms with van der Waals surface area (Å²) in [4.78, 5) is 24.1. The normalized spacial score (nSPS) is 10.7. The summed E-state index contributed by atoms with van der Waals surface area (Å²) in [5.41, 5.74) is 3.09. The van der Waals surface area contributed by atoms with Crippen LogP contribution in [-0.2, 0) is 14.3 Å². The molecule has 6 nitrogen and oxygen atoms in total. The Morgan fingerprint density at radius 2 is 1.85 bits per heavy atom. The van der Waals surface area contributed by atoms with Crippen LogP contribution >= 0.6 is 0 Å². The third-order valence-corrected chi connectivity index (χ3v) is 3.98. The Morgan fingerprint density at radius 3 is 2.48 bits per heavy atom. The largest absolute Gasteiger partial charge is 0.497 e. The van der Waals surface area contributed by atoms with Crippen LogP contribution in [0, 0.1) is 25.2 Å². The highest BCUT2D eigenvalue weighted by Crippen LogP contribution is 2.18. The molecule has 0 aliphatic carbocycles. The number of hydrogen-bond acceptors (Lipinski definition) is 5. The Hall–Kier alpha value is -3.59. The van der Waals surface area contributed by atoms with Crippen LogP contribution in [-0.4, -0.2) is 25.6 Å². The van der Waals surface area contributed by atoms with Gasteiger partial charge in [-0.15, -0.1) is 0 Å². The summed E-state index contributed by atoms with van der Waals surface area (Å²) >= 11 is 0. The number of carbonyl (C=O) groups excluding carboxylic acids is 2. The molecule has 1 N–H and O–H groups in total. The maximum absolute atomic E-state index is 12.1. The van der Waals surface area contributed by atoms with Crippen LogP contribution in [0.4, 0.5) is 5.69 Å². The lowest BCUT2D eigenvalue weighted by Crippen LogP contribution is -2.21. The van der Waals surface area contributed by atoms with E-state index in [1.807, 2.05) is 26.0 Å². The topological polar surface area (TPSA) is 88.4 Å². The fourth-order valence-electron chi connectivity index (χ4n) is 2.29. The second kappa shape index (κ2) is 9.20. The SMILES string of the molecule is COc1ccc(/C=C(\C#N)C(=O)OCC(=O)Nc2cccc(C)c2C)cc1. The number of esters is 1. The molecular formula is C21H20N2O4. The minimum absolute atomic E-state index is 0.195. The zero-order valence-corrected chi connectivity index (χ0v) is 15.4. The minimum atomic E-state index is -0.857. The van der Waals surface area contributed by atoms with Crippen LogP contribution < -0.4 is 10.1 Å². The smallest absolute Gasteiger partial charge is 0.349 e. The van der Waals surface area contributed by atoms with Gasteiger partial charge in [-0.3, -0.25) is 4.79 Å². The standard InChI is InChI=1S/C21H20N2O4/c1-14-5-4-6-19(15(14)2)23-20(24)13-27-21(25)17(12-22)11-16-7-9-18(26-3)10-8-16/h4-11H,13H2,1-3H3,(H,23,24)/b17-11+. The average Bonchev–Trinajstić information content (AvgIpc) is 2.68. The van der Waals surface area contributed by atoms with Gasteiger partial charge >= 0.3 is 5.97 Å². The predicted molar refractivity (Wildman–Crippen MR) is 102 cm³/mol. The van der Waals surface area contributed by atoms with Crippen molar-refractivity contribution < 1.29 is 19.1 Å². The lowest BCUT2D eigenvalue weighted by atomic mass is 10.1. The van der Waals surface area contributed by atoms with Crippen molar-refractivity contribution >= 4 is 23.6 Å². The Kier molecular flexibility index (Phi) is 6.73. The molecular weight excluding hydrogens is 344 g/mol. The van der Waals surface area contributed by atoms with E-state index in [0.717, 1.165) is 11.1 Å². The Bertz CT molecular complexity index is 909. The number of nitriles is 1. The van der Waals surface area contributed by atoms with Crippen LogP contribution in [0.15, 0.2) is 48.0 Å². The zero-order valence-electron chi connectivity index (χ0n) is 15.4. The van der Waals surface area contributed by atoms with Crippen molar-refractivity contribution in [3.8, 4) is 11.8 Å². The molecule has 0 saturated carbocycles. The van der Waals surface area contributed by atoms with E-state index in [-0.39, 0.29) is 5.57 Å². The number of anilines is 1. The summed E-state index contributed by atoms with van der Waals surface area (Å²) in [6.45, 7) is 3.35. The number of methoxy groups -OCH3 is 1. The van der Waals surface area contributed by atoms with Gasteiger partial charge in [-0.1, -0.05) is 24.3 Å². The summed E-state index contributed by atoms with van der Waals surface area (Å²) in [5.74, 6) is -0.667. The molecule has 27 heavy (non-hydrogen) atoms. The summed E-state index contributed by atoms with van der Waals surface area (Å²) < 4.78 is 10.0. The van der Waals surface area contributed by atoms with E-state index >= 15 is 0 Å². The molecule has 2 rings (SSSR count). The summed E-state index contributed by atoms with van der Waals surface area (Å²) in [6.07, 6.45) is 1.39. The number of hydrogen-bond donors (Lipinski definition) is 1. The van der Waals surface area contributed by atoms with Gasteiger partial charge in [-0.25, -0.2) is 4.79 Å². The van der Waals surface area contributed by atoms with Gasteiger partial charge in [-0.2, -0.15) is 5.26 Å². The maximum Gasteiger partial charge on any atom is 0.349 e. The van der Waals surface area contributed by atoms with Gasteiger partial charge in [0.05, 0.1) is 7.11 Å². The lowest BCUT2D eigenvalue weighted by Gasteiger charge is -2.10. The van der Waals surface area contributed by atoms with Gasteiger partial charge in [0.2, 0.25) is 0 Å². The molecule has 0 atom stereocenters. The molecule has 0 aliphatic rings. The molecule has 138 valence electrons. The van der Waals surface area contributed by atoms with Crippen molar-refractivity contribution in [1.29, 1.82) is 5.26 Å². The van der Waals surface area contributed by atoms with E-state index in [1.165, 1.54) is 6.08 Å². The molecule has 0 heterocycles. The molecule has 0 aliphatic heterocycles. The second-order valence-corrected chi connectivity index (χ2v) is 5.81. The Balaban J connectivity index is 1.98. The number of amides is 1. The number of carbonyl (C=O) groups is 2. The lowest BCUT2D eigenvalue weighted by molar-refractivity contribution is -0.142. The van der Waals surface area contributed by atoms with E-state index in [9.17, 15) is 14.9 Å². The maximum atomic E-state index is 12.1. The van der Waals surface area contributed by atoms with E-state index in [1.54, 1.807) is 43.5 Å². The number of benzene rings is 2. The molecule has 0 saturated heterocycles. The fraction of sp³-hybridized carbons (Fsp3) is 0.190. The number of aryl methyl sites for hydroxylation is 1. The fourth-order valence-corrected chi connectivity index (χ4v) is 2.29. The van der Waals surface area contributed by atoms with E-state index in [4.69, 9.17) is 9.47 Å². The van der Waals surface area contributed by atoms with Crippen molar-refractivity contribution in [2.24, 2.45) is 0 Å². The molecule has 0 radical (unpaired) electrons. The quantitative estimate of drug-likeness (QED) is 0.482. The Labute approximate surface area is 158 Å².